The van der Waals surface area contributed by atoms with Crippen LogP contribution in [0.25, 0.3) is 0 Å². The smallest absolute Gasteiger partial charge is 0.308 e. The number of carboxylic acid groups (broad SMARTS) is 1. The normalized spacial score (nSPS) is 16.6. The predicted octanol–water partition coefficient (Wildman–Crippen LogP) is 2.03. The molecular formula is C15H23N3O3. The molecule has 0 aromatic carbocycles. The van der Waals surface area contributed by atoms with E-state index in [0.717, 1.165) is 18.5 Å². The highest BCUT2D eigenvalue weighted by Crippen LogP contribution is 2.29. The summed E-state index contributed by atoms with van der Waals surface area (Å²) in [6, 6.07) is 1.93. The number of carboxylic acids is 1. The maximum atomic E-state index is 12.6. The summed E-state index contributed by atoms with van der Waals surface area (Å²) in [7, 11) is 0. The van der Waals surface area contributed by atoms with Crippen molar-refractivity contribution in [2.75, 3.05) is 6.54 Å². The summed E-state index contributed by atoms with van der Waals surface area (Å²) in [5.41, 5.74) is 1.15. The first-order valence-corrected chi connectivity index (χ1v) is 7.30. The van der Waals surface area contributed by atoms with Gasteiger partial charge in [-0.05, 0) is 18.9 Å². The molecule has 0 spiro atoms. The Hall–Kier alpha value is -1.85. The second-order valence-electron chi connectivity index (χ2n) is 6.84. The Labute approximate surface area is 124 Å². The Morgan fingerprint density at radius 3 is 2.52 bits per heavy atom. The fourth-order valence-corrected chi connectivity index (χ4v) is 2.12. The zero-order valence-electron chi connectivity index (χ0n) is 13.0. The summed E-state index contributed by atoms with van der Waals surface area (Å²) >= 11 is 0. The van der Waals surface area contributed by atoms with E-state index in [4.69, 9.17) is 5.11 Å². The Balaban J connectivity index is 2.15. The number of aromatic amines is 1. The van der Waals surface area contributed by atoms with Crippen LogP contribution in [0.2, 0.25) is 0 Å². The van der Waals surface area contributed by atoms with Gasteiger partial charge in [0.15, 0.2) is 0 Å². The Bertz CT molecular complexity index is 541. The number of carbonyl (C=O) groups is 2. The fourth-order valence-electron chi connectivity index (χ4n) is 2.12. The Kier molecular flexibility index (Phi) is 4.07. The second kappa shape index (κ2) is 5.50. The van der Waals surface area contributed by atoms with Crippen LogP contribution in [-0.4, -0.2) is 44.7 Å². The van der Waals surface area contributed by atoms with Gasteiger partial charge >= 0.3 is 5.97 Å². The molecule has 6 heteroatoms. The predicted molar refractivity (Wildman–Crippen MR) is 78.1 cm³/mol. The SMILES string of the molecule is CC(CN(C(=O)c1cc(C(C)(C)C)[nH]n1)C1CC1)C(=O)O. The molecular weight excluding hydrogens is 270 g/mol. The average molecular weight is 293 g/mol. The molecule has 1 amide bonds. The highest BCUT2D eigenvalue weighted by molar-refractivity contribution is 5.93. The molecule has 1 aromatic rings. The molecule has 116 valence electrons. The van der Waals surface area contributed by atoms with Gasteiger partial charge in [-0.3, -0.25) is 14.7 Å². The van der Waals surface area contributed by atoms with E-state index >= 15 is 0 Å². The van der Waals surface area contributed by atoms with Gasteiger partial charge < -0.3 is 10.0 Å². The van der Waals surface area contributed by atoms with Gasteiger partial charge in [-0.15, -0.1) is 0 Å². The molecule has 1 aliphatic carbocycles. The quantitative estimate of drug-likeness (QED) is 0.869. The van der Waals surface area contributed by atoms with Crippen LogP contribution >= 0.6 is 0 Å². The highest BCUT2D eigenvalue weighted by Gasteiger charge is 2.36. The van der Waals surface area contributed by atoms with E-state index in [-0.39, 0.29) is 23.9 Å². The molecule has 0 radical (unpaired) electrons. The highest BCUT2D eigenvalue weighted by atomic mass is 16.4. The molecule has 1 aliphatic rings. The molecule has 1 saturated carbocycles. The summed E-state index contributed by atoms with van der Waals surface area (Å²) in [4.78, 5) is 25.2. The van der Waals surface area contributed by atoms with Gasteiger partial charge in [0.1, 0.15) is 5.69 Å². The van der Waals surface area contributed by atoms with E-state index < -0.39 is 11.9 Å². The van der Waals surface area contributed by atoms with Crippen LogP contribution in [0, 0.1) is 5.92 Å². The number of nitrogens with one attached hydrogen (secondary N) is 1. The number of aromatic nitrogens is 2. The lowest BCUT2D eigenvalue weighted by molar-refractivity contribution is -0.141. The number of rotatable bonds is 5. The molecule has 1 aromatic heterocycles. The van der Waals surface area contributed by atoms with E-state index in [9.17, 15) is 9.59 Å². The number of aliphatic carboxylic acids is 1. The third-order valence-corrected chi connectivity index (χ3v) is 3.75. The number of carbonyl (C=O) groups excluding carboxylic acids is 1. The van der Waals surface area contributed by atoms with E-state index in [1.165, 1.54) is 0 Å². The molecule has 1 heterocycles. The largest absolute Gasteiger partial charge is 0.481 e. The van der Waals surface area contributed by atoms with Crippen LogP contribution in [0.5, 0.6) is 0 Å². The van der Waals surface area contributed by atoms with Crippen molar-refractivity contribution >= 4 is 11.9 Å². The van der Waals surface area contributed by atoms with Crippen LogP contribution in [0.4, 0.5) is 0 Å². The molecule has 2 rings (SSSR count). The minimum absolute atomic E-state index is 0.107. The summed E-state index contributed by atoms with van der Waals surface area (Å²) in [6.45, 7) is 7.98. The van der Waals surface area contributed by atoms with Gasteiger partial charge in [0.2, 0.25) is 0 Å². The van der Waals surface area contributed by atoms with Crippen LogP contribution in [-0.2, 0) is 10.2 Å². The third-order valence-electron chi connectivity index (χ3n) is 3.75. The summed E-state index contributed by atoms with van der Waals surface area (Å²) in [6.07, 6.45) is 1.88. The van der Waals surface area contributed by atoms with Gasteiger partial charge in [-0.2, -0.15) is 5.10 Å². The van der Waals surface area contributed by atoms with Crippen molar-refractivity contribution in [1.29, 1.82) is 0 Å². The van der Waals surface area contributed by atoms with Crippen LogP contribution in [0.1, 0.15) is 56.7 Å². The zero-order valence-corrected chi connectivity index (χ0v) is 13.0. The van der Waals surface area contributed by atoms with Crippen molar-refractivity contribution < 1.29 is 14.7 Å². The van der Waals surface area contributed by atoms with E-state index in [1.807, 2.05) is 20.8 Å². The van der Waals surface area contributed by atoms with Gasteiger partial charge in [-0.25, -0.2) is 0 Å². The average Bonchev–Trinajstić information content (AvgIpc) is 3.08. The molecule has 0 saturated heterocycles. The van der Waals surface area contributed by atoms with Gasteiger partial charge in [0, 0.05) is 23.7 Å². The minimum atomic E-state index is -0.883. The first-order valence-electron chi connectivity index (χ1n) is 7.30. The zero-order chi connectivity index (χ0) is 15.8. The lowest BCUT2D eigenvalue weighted by atomic mass is 9.92. The summed E-state index contributed by atoms with van der Waals surface area (Å²) in [5.74, 6) is -1.64. The monoisotopic (exact) mass is 293 g/mol. The number of H-pyrrole nitrogens is 1. The maximum Gasteiger partial charge on any atom is 0.308 e. The van der Waals surface area contributed by atoms with Crippen molar-refractivity contribution in [1.82, 2.24) is 15.1 Å². The van der Waals surface area contributed by atoms with Crippen molar-refractivity contribution in [3.63, 3.8) is 0 Å². The lowest BCUT2D eigenvalue weighted by Crippen LogP contribution is -2.38. The molecule has 21 heavy (non-hydrogen) atoms. The van der Waals surface area contributed by atoms with E-state index in [0.29, 0.717) is 5.69 Å². The molecule has 1 atom stereocenters. The first kappa shape index (κ1) is 15.5. The molecule has 2 N–H and O–H groups in total. The number of hydrogen-bond donors (Lipinski definition) is 2. The summed E-state index contributed by atoms with van der Waals surface area (Å²) in [5, 5.41) is 16.0. The molecule has 1 fully saturated rings. The van der Waals surface area contributed by atoms with Crippen molar-refractivity contribution in [2.24, 2.45) is 5.92 Å². The lowest BCUT2D eigenvalue weighted by Gasteiger charge is -2.23. The van der Waals surface area contributed by atoms with E-state index in [1.54, 1.807) is 17.9 Å². The molecule has 1 unspecified atom stereocenters. The third kappa shape index (κ3) is 3.62. The minimum Gasteiger partial charge on any atom is -0.481 e. The van der Waals surface area contributed by atoms with Crippen LogP contribution in [0.15, 0.2) is 6.07 Å². The second-order valence-corrected chi connectivity index (χ2v) is 6.84. The van der Waals surface area contributed by atoms with Gasteiger partial charge in [0.05, 0.1) is 5.92 Å². The molecule has 0 bridgehead atoms. The topological polar surface area (TPSA) is 86.3 Å². The van der Waals surface area contributed by atoms with Gasteiger partial charge in [0.25, 0.3) is 5.91 Å². The molecule has 0 aliphatic heterocycles. The number of nitrogens with zero attached hydrogens (tertiary/aromatic N) is 2. The van der Waals surface area contributed by atoms with Crippen molar-refractivity contribution in [3.05, 3.63) is 17.5 Å². The Morgan fingerprint density at radius 2 is 2.10 bits per heavy atom. The van der Waals surface area contributed by atoms with Crippen molar-refractivity contribution in [2.45, 2.75) is 52.0 Å². The van der Waals surface area contributed by atoms with E-state index in [2.05, 4.69) is 10.2 Å². The van der Waals surface area contributed by atoms with Crippen LogP contribution < -0.4 is 0 Å². The number of hydrogen-bond acceptors (Lipinski definition) is 3. The van der Waals surface area contributed by atoms with Gasteiger partial charge in [-0.1, -0.05) is 27.7 Å². The Morgan fingerprint density at radius 1 is 1.48 bits per heavy atom. The maximum absolute atomic E-state index is 12.6. The van der Waals surface area contributed by atoms with Crippen LogP contribution in [0.3, 0.4) is 0 Å². The molecule has 6 nitrogen and oxygen atoms in total. The fraction of sp³-hybridized carbons (Fsp3) is 0.667. The standard InChI is InChI=1S/C15H23N3O3/c1-9(14(20)21)8-18(10-5-6-10)13(19)11-7-12(17-16-11)15(2,3)4/h7,9-10H,5-6,8H2,1-4H3,(H,16,17)(H,20,21). The summed E-state index contributed by atoms with van der Waals surface area (Å²) < 4.78 is 0. The number of amides is 1. The van der Waals surface area contributed by atoms with Crippen molar-refractivity contribution in [3.8, 4) is 0 Å². The first-order chi connectivity index (χ1) is 9.70.